The smallest absolute Gasteiger partial charge is 0.0621 e. The Hall–Kier alpha value is -0.860. The highest BCUT2D eigenvalue weighted by Crippen LogP contribution is 2.39. The Morgan fingerprint density at radius 3 is 2.38 bits per heavy atom. The Bertz CT molecular complexity index is 374. The van der Waals surface area contributed by atoms with Crippen LogP contribution >= 0.6 is 0 Å². The molecule has 1 aliphatic carbocycles. The fourth-order valence-corrected chi connectivity index (χ4v) is 2.48. The van der Waals surface area contributed by atoms with Crippen molar-refractivity contribution in [2.45, 2.75) is 50.7 Å². The van der Waals surface area contributed by atoms with Gasteiger partial charge in [-0.05, 0) is 45.1 Å². The number of rotatable bonds is 1. The molecule has 3 N–H and O–H groups in total. The van der Waals surface area contributed by atoms with Crippen molar-refractivity contribution in [2.75, 3.05) is 0 Å². The molecule has 0 atom stereocenters. The Labute approximate surface area is 97.5 Å². The van der Waals surface area contributed by atoms with Crippen molar-refractivity contribution in [3.8, 4) is 0 Å². The third-order valence-electron chi connectivity index (χ3n) is 3.81. The van der Waals surface area contributed by atoms with E-state index in [0.29, 0.717) is 0 Å². The van der Waals surface area contributed by atoms with E-state index in [4.69, 9.17) is 5.73 Å². The van der Waals surface area contributed by atoms with Crippen molar-refractivity contribution in [3.05, 3.63) is 35.4 Å². The van der Waals surface area contributed by atoms with Crippen LogP contribution in [-0.2, 0) is 5.54 Å². The van der Waals surface area contributed by atoms with Gasteiger partial charge in [-0.1, -0.05) is 29.8 Å². The zero-order chi connectivity index (χ0) is 11.8. The molecule has 0 unspecified atom stereocenters. The van der Waals surface area contributed by atoms with Crippen molar-refractivity contribution in [3.63, 3.8) is 0 Å². The van der Waals surface area contributed by atoms with Crippen molar-refractivity contribution >= 4 is 0 Å². The summed E-state index contributed by atoms with van der Waals surface area (Å²) >= 11 is 0. The van der Waals surface area contributed by atoms with Crippen LogP contribution in [0.4, 0.5) is 0 Å². The van der Waals surface area contributed by atoms with Crippen LogP contribution < -0.4 is 5.73 Å². The first kappa shape index (κ1) is 11.6. The van der Waals surface area contributed by atoms with E-state index in [-0.39, 0.29) is 5.54 Å². The maximum absolute atomic E-state index is 9.95. The average molecular weight is 219 g/mol. The lowest BCUT2D eigenvalue weighted by atomic mass is 9.72. The monoisotopic (exact) mass is 219 g/mol. The second-order valence-corrected chi connectivity index (χ2v) is 5.52. The summed E-state index contributed by atoms with van der Waals surface area (Å²) in [4.78, 5) is 0. The first-order chi connectivity index (χ1) is 7.41. The van der Waals surface area contributed by atoms with Gasteiger partial charge >= 0.3 is 0 Å². The summed E-state index contributed by atoms with van der Waals surface area (Å²) in [5, 5.41) is 9.95. The van der Waals surface area contributed by atoms with Gasteiger partial charge in [0.05, 0.1) is 5.60 Å². The summed E-state index contributed by atoms with van der Waals surface area (Å²) in [6.07, 6.45) is 3.31. The van der Waals surface area contributed by atoms with Crippen molar-refractivity contribution in [2.24, 2.45) is 5.73 Å². The first-order valence-electron chi connectivity index (χ1n) is 6.00. The molecule has 88 valence electrons. The van der Waals surface area contributed by atoms with Gasteiger partial charge in [-0.2, -0.15) is 0 Å². The molecule has 0 heterocycles. The lowest BCUT2D eigenvalue weighted by Crippen LogP contribution is -2.45. The minimum absolute atomic E-state index is 0.242. The first-order valence-corrected chi connectivity index (χ1v) is 6.00. The van der Waals surface area contributed by atoms with Crippen molar-refractivity contribution in [1.29, 1.82) is 0 Å². The van der Waals surface area contributed by atoms with E-state index < -0.39 is 5.60 Å². The van der Waals surface area contributed by atoms with E-state index in [1.54, 1.807) is 0 Å². The Kier molecular flexibility index (Phi) is 2.81. The van der Waals surface area contributed by atoms with Crippen molar-refractivity contribution in [1.82, 2.24) is 0 Å². The molecular formula is C14H21NO. The summed E-state index contributed by atoms with van der Waals surface area (Å²) in [5.74, 6) is 0. The molecule has 1 saturated carbocycles. The summed E-state index contributed by atoms with van der Waals surface area (Å²) in [7, 11) is 0. The van der Waals surface area contributed by atoms with Crippen LogP contribution in [0.5, 0.6) is 0 Å². The molecule has 0 radical (unpaired) electrons. The molecule has 1 fully saturated rings. The van der Waals surface area contributed by atoms with Gasteiger partial charge in [-0.25, -0.2) is 0 Å². The second kappa shape index (κ2) is 3.86. The van der Waals surface area contributed by atoms with Crippen LogP contribution in [-0.4, -0.2) is 10.7 Å². The molecule has 2 nitrogen and oxygen atoms in total. The molecule has 2 rings (SSSR count). The van der Waals surface area contributed by atoms with Gasteiger partial charge in [0.1, 0.15) is 0 Å². The van der Waals surface area contributed by atoms with E-state index in [2.05, 4.69) is 31.2 Å². The van der Waals surface area contributed by atoms with Gasteiger partial charge in [0.15, 0.2) is 0 Å². The van der Waals surface area contributed by atoms with Crippen LogP contribution in [0.1, 0.15) is 43.7 Å². The number of hydrogen-bond acceptors (Lipinski definition) is 2. The molecule has 0 amide bonds. The third kappa shape index (κ3) is 2.28. The minimum atomic E-state index is -0.521. The number of aryl methyl sites for hydroxylation is 1. The predicted octanol–water partition coefficient (Wildman–Crippen LogP) is 2.47. The van der Waals surface area contributed by atoms with Gasteiger partial charge in [0, 0.05) is 5.54 Å². The molecular weight excluding hydrogens is 198 g/mol. The number of hydrogen-bond donors (Lipinski definition) is 2. The number of benzene rings is 1. The average Bonchev–Trinajstić information content (AvgIpc) is 2.23. The lowest BCUT2D eigenvalue weighted by Gasteiger charge is -2.40. The number of aliphatic hydroxyl groups is 1. The third-order valence-corrected chi connectivity index (χ3v) is 3.81. The molecule has 1 aromatic carbocycles. The molecule has 0 aromatic heterocycles. The van der Waals surface area contributed by atoms with E-state index in [1.165, 1.54) is 11.1 Å². The van der Waals surface area contributed by atoms with Crippen LogP contribution in [0.3, 0.4) is 0 Å². The van der Waals surface area contributed by atoms with Gasteiger partial charge in [0.2, 0.25) is 0 Å². The molecule has 0 bridgehead atoms. The van der Waals surface area contributed by atoms with E-state index in [1.807, 2.05) is 6.92 Å². The van der Waals surface area contributed by atoms with E-state index in [0.717, 1.165) is 25.7 Å². The van der Waals surface area contributed by atoms with Crippen LogP contribution in [0, 0.1) is 6.92 Å². The standard InChI is InChI=1S/C14H21NO/c1-11-4-3-5-12(10-11)14(15)8-6-13(2,16)7-9-14/h3-5,10,16H,6-9,15H2,1-2H3. The normalized spacial score (nSPS) is 35.0. The maximum Gasteiger partial charge on any atom is 0.0621 e. The van der Waals surface area contributed by atoms with Crippen LogP contribution in [0.2, 0.25) is 0 Å². The summed E-state index contributed by atoms with van der Waals surface area (Å²) < 4.78 is 0. The summed E-state index contributed by atoms with van der Waals surface area (Å²) in [5.41, 5.74) is 8.16. The lowest BCUT2D eigenvalue weighted by molar-refractivity contribution is 0.000903. The molecule has 0 spiro atoms. The highest BCUT2D eigenvalue weighted by molar-refractivity contribution is 5.29. The molecule has 2 heteroatoms. The largest absolute Gasteiger partial charge is 0.390 e. The topological polar surface area (TPSA) is 46.2 Å². The zero-order valence-electron chi connectivity index (χ0n) is 10.2. The SMILES string of the molecule is Cc1cccc(C2(N)CCC(C)(O)CC2)c1. The second-order valence-electron chi connectivity index (χ2n) is 5.52. The van der Waals surface area contributed by atoms with Crippen LogP contribution in [0.15, 0.2) is 24.3 Å². The van der Waals surface area contributed by atoms with Gasteiger partial charge in [-0.15, -0.1) is 0 Å². The quantitative estimate of drug-likeness (QED) is 0.762. The van der Waals surface area contributed by atoms with Crippen LogP contribution in [0.25, 0.3) is 0 Å². The molecule has 1 aliphatic rings. The molecule has 0 aliphatic heterocycles. The van der Waals surface area contributed by atoms with E-state index in [9.17, 15) is 5.11 Å². The Morgan fingerprint density at radius 1 is 1.19 bits per heavy atom. The highest BCUT2D eigenvalue weighted by Gasteiger charge is 2.37. The molecule has 0 saturated heterocycles. The molecule has 16 heavy (non-hydrogen) atoms. The predicted molar refractivity (Wildman–Crippen MR) is 66.1 cm³/mol. The van der Waals surface area contributed by atoms with Gasteiger partial charge in [0.25, 0.3) is 0 Å². The maximum atomic E-state index is 9.95. The van der Waals surface area contributed by atoms with Gasteiger partial charge in [-0.3, -0.25) is 0 Å². The zero-order valence-corrected chi connectivity index (χ0v) is 10.2. The highest BCUT2D eigenvalue weighted by atomic mass is 16.3. The Morgan fingerprint density at radius 2 is 1.81 bits per heavy atom. The summed E-state index contributed by atoms with van der Waals surface area (Å²) in [6, 6.07) is 8.42. The fraction of sp³-hybridized carbons (Fsp3) is 0.571. The molecule has 1 aromatic rings. The number of nitrogens with two attached hydrogens (primary N) is 1. The van der Waals surface area contributed by atoms with Crippen molar-refractivity contribution < 1.29 is 5.11 Å². The fourth-order valence-electron chi connectivity index (χ4n) is 2.48. The Balaban J connectivity index is 2.21. The van der Waals surface area contributed by atoms with E-state index >= 15 is 0 Å². The van der Waals surface area contributed by atoms with Gasteiger partial charge < -0.3 is 10.8 Å². The summed E-state index contributed by atoms with van der Waals surface area (Å²) in [6.45, 7) is 3.99. The minimum Gasteiger partial charge on any atom is -0.390 e.